The zero-order valence-electron chi connectivity index (χ0n) is 11.9. The molecular formula is C17H20N2O. The number of aromatic nitrogens is 1. The molecule has 0 saturated carbocycles. The monoisotopic (exact) mass is 268 g/mol. The number of carbonyl (C=O) groups is 1. The molecule has 20 heavy (non-hydrogen) atoms. The normalized spacial score (nSPS) is 12.2. The number of hydrogen-bond acceptors (Lipinski definition) is 2. The Morgan fingerprint density at radius 1 is 1.10 bits per heavy atom. The maximum Gasteiger partial charge on any atom is 0.269 e. The number of pyridine rings is 1. The number of nitrogens with one attached hydrogen (secondary N) is 1. The highest BCUT2D eigenvalue weighted by atomic mass is 16.1. The van der Waals surface area contributed by atoms with Gasteiger partial charge in [-0.05, 0) is 23.6 Å². The van der Waals surface area contributed by atoms with Gasteiger partial charge in [-0.15, -0.1) is 0 Å². The van der Waals surface area contributed by atoms with E-state index in [1.165, 1.54) is 5.56 Å². The van der Waals surface area contributed by atoms with Crippen molar-refractivity contribution in [1.82, 2.24) is 10.3 Å². The lowest BCUT2D eigenvalue weighted by molar-refractivity contribution is 0.0944. The third-order valence-corrected chi connectivity index (χ3v) is 3.41. The van der Waals surface area contributed by atoms with Gasteiger partial charge in [-0.2, -0.15) is 0 Å². The van der Waals surface area contributed by atoms with E-state index in [0.29, 0.717) is 24.1 Å². The van der Waals surface area contributed by atoms with Gasteiger partial charge in [-0.3, -0.25) is 9.78 Å². The highest BCUT2D eigenvalue weighted by Crippen LogP contribution is 2.23. The molecule has 1 heterocycles. The fourth-order valence-corrected chi connectivity index (χ4v) is 2.23. The van der Waals surface area contributed by atoms with Crippen LogP contribution in [0.1, 0.15) is 35.8 Å². The molecule has 0 saturated heterocycles. The van der Waals surface area contributed by atoms with Crippen LogP contribution in [0.25, 0.3) is 0 Å². The molecule has 104 valence electrons. The van der Waals surface area contributed by atoms with Crippen molar-refractivity contribution in [2.45, 2.75) is 19.8 Å². The summed E-state index contributed by atoms with van der Waals surface area (Å²) in [5.74, 6) is 0.650. The van der Waals surface area contributed by atoms with E-state index in [1.54, 1.807) is 18.3 Å². The van der Waals surface area contributed by atoms with Crippen molar-refractivity contribution >= 4 is 5.91 Å². The Bertz CT molecular complexity index is 537. The molecule has 0 aliphatic heterocycles. The minimum absolute atomic E-state index is 0.118. The highest BCUT2D eigenvalue weighted by Gasteiger charge is 2.17. The number of carbonyl (C=O) groups excluding carboxylic acids is 1. The van der Waals surface area contributed by atoms with Crippen molar-refractivity contribution in [1.29, 1.82) is 0 Å². The van der Waals surface area contributed by atoms with Crippen LogP contribution >= 0.6 is 0 Å². The van der Waals surface area contributed by atoms with Crippen LogP contribution in [0, 0.1) is 5.92 Å². The molecule has 1 aromatic heterocycles. The number of hydrogen-bond donors (Lipinski definition) is 1. The molecule has 1 amide bonds. The average Bonchev–Trinajstić information content (AvgIpc) is 2.49. The molecule has 0 aliphatic carbocycles. The van der Waals surface area contributed by atoms with Crippen molar-refractivity contribution in [3.63, 3.8) is 0 Å². The Morgan fingerprint density at radius 2 is 1.80 bits per heavy atom. The Hall–Kier alpha value is -2.16. The van der Waals surface area contributed by atoms with Gasteiger partial charge in [0.1, 0.15) is 5.69 Å². The van der Waals surface area contributed by atoms with Crippen LogP contribution in [-0.4, -0.2) is 17.4 Å². The largest absolute Gasteiger partial charge is 0.350 e. The summed E-state index contributed by atoms with van der Waals surface area (Å²) in [4.78, 5) is 16.1. The third-order valence-electron chi connectivity index (χ3n) is 3.41. The second-order valence-electron chi connectivity index (χ2n) is 5.19. The van der Waals surface area contributed by atoms with E-state index in [1.807, 2.05) is 24.3 Å². The molecule has 0 bridgehead atoms. The maximum atomic E-state index is 12.0. The predicted molar refractivity (Wildman–Crippen MR) is 80.6 cm³/mol. The minimum atomic E-state index is -0.118. The molecule has 1 aromatic carbocycles. The first-order valence-corrected chi connectivity index (χ1v) is 6.92. The summed E-state index contributed by atoms with van der Waals surface area (Å²) < 4.78 is 0. The second kappa shape index (κ2) is 6.85. The zero-order valence-corrected chi connectivity index (χ0v) is 11.9. The van der Waals surface area contributed by atoms with Crippen molar-refractivity contribution in [3.05, 3.63) is 66.0 Å². The first-order chi connectivity index (χ1) is 9.68. The number of nitrogens with zero attached hydrogens (tertiary/aromatic N) is 1. The van der Waals surface area contributed by atoms with Crippen LogP contribution in [-0.2, 0) is 0 Å². The van der Waals surface area contributed by atoms with Gasteiger partial charge >= 0.3 is 0 Å². The van der Waals surface area contributed by atoms with E-state index in [9.17, 15) is 4.79 Å². The molecule has 0 radical (unpaired) electrons. The van der Waals surface area contributed by atoms with E-state index in [-0.39, 0.29) is 5.91 Å². The molecule has 0 spiro atoms. The number of rotatable bonds is 5. The predicted octanol–water partition coefficient (Wildman–Crippen LogP) is 3.25. The molecule has 3 heteroatoms. The van der Waals surface area contributed by atoms with Crippen LogP contribution in [0.15, 0.2) is 54.7 Å². The first-order valence-electron chi connectivity index (χ1n) is 6.92. The summed E-state index contributed by atoms with van der Waals surface area (Å²) in [6.07, 6.45) is 1.63. The van der Waals surface area contributed by atoms with Crippen molar-refractivity contribution in [2.75, 3.05) is 6.54 Å². The van der Waals surface area contributed by atoms with Gasteiger partial charge in [0.2, 0.25) is 0 Å². The average molecular weight is 268 g/mol. The van der Waals surface area contributed by atoms with Gasteiger partial charge in [0, 0.05) is 18.7 Å². The van der Waals surface area contributed by atoms with Crippen molar-refractivity contribution in [2.24, 2.45) is 5.92 Å². The lowest BCUT2D eigenvalue weighted by Crippen LogP contribution is -2.30. The Morgan fingerprint density at radius 3 is 2.40 bits per heavy atom. The molecule has 2 aromatic rings. The molecular weight excluding hydrogens is 248 g/mol. The first kappa shape index (κ1) is 14.3. The van der Waals surface area contributed by atoms with Crippen molar-refractivity contribution < 1.29 is 4.79 Å². The second-order valence-corrected chi connectivity index (χ2v) is 5.19. The fourth-order valence-electron chi connectivity index (χ4n) is 2.23. The van der Waals surface area contributed by atoms with Gasteiger partial charge in [0.05, 0.1) is 0 Å². The minimum Gasteiger partial charge on any atom is -0.350 e. The van der Waals surface area contributed by atoms with Gasteiger partial charge in [0.25, 0.3) is 5.91 Å². The summed E-state index contributed by atoms with van der Waals surface area (Å²) in [6, 6.07) is 15.6. The molecule has 2 rings (SSSR count). The summed E-state index contributed by atoms with van der Waals surface area (Å²) in [7, 11) is 0. The lowest BCUT2D eigenvalue weighted by Gasteiger charge is -2.21. The highest BCUT2D eigenvalue weighted by molar-refractivity contribution is 5.92. The van der Waals surface area contributed by atoms with Crippen molar-refractivity contribution in [3.8, 4) is 0 Å². The van der Waals surface area contributed by atoms with Crippen LogP contribution in [0.3, 0.4) is 0 Å². The smallest absolute Gasteiger partial charge is 0.269 e. The van der Waals surface area contributed by atoms with Crippen LogP contribution < -0.4 is 5.32 Å². The Labute approximate surface area is 120 Å². The molecule has 0 aliphatic rings. The van der Waals surface area contributed by atoms with E-state index in [2.05, 4.69) is 36.3 Å². The fraction of sp³-hybridized carbons (Fsp3) is 0.294. The van der Waals surface area contributed by atoms with Gasteiger partial charge in [0.15, 0.2) is 0 Å². The van der Waals surface area contributed by atoms with E-state index in [4.69, 9.17) is 0 Å². The molecule has 1 atom stereocenters. The Balaban J connectivity index is 2.02. The quantitative estimate of drug-likeness (QED) is 0.904. The van der Waals surface area contributed by atoms with E-state index in [0.717, 1.165) is 0 Å². The van der Waals surface area contributed by atoms with Crippen LogP contribution in [0.4, 0.5) is 0 Å². The molecule has 0 fully saturated rings. The van der Waals surface area contributed by atoms with Gasteiger partial charge in [-0.25, -0.2) is 0 Å². The number of benzene rings is 1. The topological polar surface area (TPSA) is 42.0 Å². The third kappa shape index (κ3) is 3.67. The standard InChI is InChI=1S/C17H20N2O/c1-13(2)15(14-8-4-3-5-9-14)12-19-17(20)16-10-6-7-11-18-16/h3-11,13,15H,12H2,1-2H3,(H,19,20). The summed E-state index contributed by atoms with van der Waals surface area (Å²) in [6.45, 7) is 4.96. The zero-order chi connectivity index (χ0) is 14.4. The summed E-state index contributed by atoms with van der Waals surface area (Å²) in [5.41, 5.74) is 1.71. The molecule has 1 N–H and O–H groups in total. The SMILES string of the molecule is CC(C)C(CNC(=O)c1ccccn1)c1ccccc1. The van der Waals surface area contributed by atoms with E-state index < -0.39 is 0 Å². The Kier molecular flexibility index (Phi) is 4.88. The molecule has 3 nitrogen and oxygen atoms in total. The van der Waals surface area contributed by atoms with E-state index >= 15 is 0 Å². The summed E-state index contributed by atoms with van der Waals surface area (Å²) >= 11 is 0. The van der Waals surface area contributed by atoms with Gasteiger partial charge in [-0.1, -0.05) is 50.2 Å². The maximum absolute atomic E-state index is 12.0. The van der Waals surface area contributed by atoms with Gasteiger partial charge < -0.3 is 5.32 Å². The molecule has 1 unspecified atom stereocenters. The van der Waals surface area contributed by atoms with Crippen LogP contribution in [0.2, 0.25) is 0 Å². The van der Waals surface area contributed by atoms with Crippen LogP contribution in [0.5, 0.6) is 0 Å². The summed E-state index contributed by atoms with van der Waals surface area (Å²) in [5, 5.41) is 2.98. The lowest BCUT2D eigenvalue weighted by atomic mass is 9.88. The number of amides is 1.